The molecule has 1 aliphatic heterocycles. The number of esters is 1. The minimum absolute atomic E-state index is 0.0480. The Morgan fingerprint density at radius 3 is 2.18 bits per heavy atom. The van der Waals surface area contributed by atoms with Gasteiger partial charge in [-0.05, 0) is 27.8 Å². The van der Waals surface area contributed by atoms with Crippen LogP contribution in [0.3, 0.4) is 0 Å². The van der Waals surface area contributed by atoms with E-state index in [0.29, 0.717) is 0 Å². The molecule has 0 spiro atoms. The molecule has 174 valence electrons. The maximum Gasteiger partial charge on any atom is 0.424 e. The van der Waals surface area contributed by atoms with Gasteiger partial charge >= 0.3 is 12.1 Å². The zero-order chi connectivity index (χ0) is 23.5. The third-order valence-corrected chi connectivity index (χ3v) is 7.12. The van der Waals surface area contributed by atoms with Crippen molar-refractivity contribution in [2.45, 2.75) is 25.0 Å². The van der Waals surface area contributed by atoms with Crippen LogP contribution in [0.1, 0.15) is 29.0 Å². The van der Waals surface area contributed by atoms with E-state index in [1.807, 2.05) is 78.9 Å². The van der Waals surface area contributed by atoms with Gasteiger partial charge in [-0.15, -0.1) is 0 Å². The number of carbonyl (C=O) groups is 2. The highest BCUT2D eigenvalue weighted by molar-refractivity contribution is 7.78. The number of hydrogen-bond donors (Lipinski definition) is 0. The van der Waals surface area contributed by atoms with E-state index >= 15 is 0 Å². The number of rotatable bonds is 5. The Morgan fingerprint density at radius 2 is 1.50 bits per heavy atom. The lowest BCUT2D eigenvalue weighted by Gasteiger charge is -2.31. The molecule has 8 heteroatoms. The first-order chi connectivity index (χ1) is 16.6. The smallest absolute Gasteiger partial charge is 0.424 e. The number of hydrogen-bond acceptors (Lipinski definition) is 6. The number of benzene rings is 3. The van der Waals surface area contributed by atoms with Gasteiger partial charge in [-0.2, -0.15) is 4.31 Å². The molecule has 0 aromatic heterocycles. The Hall–Kier alpha value is -3.49. The van der Waals surface area contributed by atoms with E-state index in [4.69, 9.17) is 13.7 Å². The summed E-state index contributed by atoms with van der Waals surface area (Å²) in [6.07, 6.45) is -0.703. The zero-order valence-electron chi connectivity index (χ0n) is 18.3. The Morgan fingerprint density at radius 1 is 0.882 bits per heavy atom. The van der Waals surface area contributed by atoms with Crippen molar-refractivity contribution in [3.63, 3.8) is 0 Å². The summed E-state index contributed by atoms with van der Waals surface area (Å²) in [6, 6.07) is 24.1. The van der Waals surface area contributed by atoms with Gasteiger partial charge in [-0.25, -0.2) is 13.8 Å². The van der Waals surface area contributed by atoms with Gasteiger partial charge in [-0.3, -0.25) is 4.18 Å². The molecular formula is C26H23NO6S. The number of ether oxygens (including phenoxy) is 2. The first-order valence-electron chi connectivity index (χ1n) is 11.0. The van der Waals surface area contributed by atoms with Gasteiger partial charge in [0.1, 0.15) is 13.2 Å². The lowest BCUT2D eigenvalue weighted by molar-refractivity contribution is -0.150. The summed E-state index contributed by atoms with van der Waals surface area (Å²) < 4.78 is 29.5. The predicted molar refractivity (Wildman–Crippen MR) is 126 cm³/mol. The van der Waals surface area contributed by atoms with Crippen molar-refractivity contribution in [3.8, 4) is 11.1 Å². The minimum atomic E-state index is -2.14. The minimum Gasteiger partial charge on any atom is -0.459 e. The molecule has 0 bridgehead atoms. The van der Waals surface area contributed by atoms with Crippen LogP contribution in [0.4, 0.5) is 4.79 Å². The maximum absolute atomic E-state index is 13.0. The molecule has 1 heterocycles. The molecule has 1 aliphatic carbocycles. The van der Waals surface area contributed by atoms with Gasteiger partial charge in [0, 0.05) is 12.3 Å². The molecule has 1 fully saturated rings. The second-order valence-electron chi connectivity index (χ2n) is 8.07. The van der Waals surface area contributed by atoms with Gasteiger partial charge in [-0.1, -0.05) is 78.9 Å². The third-order valence-electron chi connectivity index (χ3n) is 6.03. The molecule has 1 unspecified atom stereocenters. The van der Waals surface area contributed by atoms with Crippen LogP contribution in [0.15, 0.2) is 78.9 Å². The van der Waals surface area contributed by atoms with Gasteiger partial charge in [0.2, 0.25) is 0 Å². The standard InChI is InChI=1S/C26H23NO6S/c28-25(31-16-18-8-2-1-3-9-18)24-14-15-33-34(30)27(24)26(29)32-17-23-21-12-6-4-10-19(21)20-11-5-7-13-22(20)23/h1-13,23-24H,14-17H2/t24-,34?/m1/s1. The molecule has 1 saturated heterocycles. The fourth-order valence-electron chi connectivity index (χ4n) is 4.39. The van der Waals surface area contributed by atoms with E-state index in [2.05, 4.69) is 0 Å². The third kappa shape index (κ3) is 4.34. The van der Waals surface area contributed by atoms with Crippen LogP contribution in [0.25, 0.3) is 11.1 Å². The van der Waals surface area contributed by atoms with Gasteiger partial charge in [0.05, 0.1) is 6.61 Å². The van der Waals surface area contributed by atoms with Crippen LogP contribution >= 0.6 is 0 Å². The Balaban J connectivity index is 1.29. The molecule has 5 rings (SSSR count). The molecule has 34 heavy (non-hydrogen) atoms. The molecular weight excluding hydrogens is 454 g/mol. The predicted octanol–water partition coefficient (Wildman–Crippen LogP) is 4.35. The van der Waals surface area contributed by atoms with Crippen molar-refractivity contribution in [3.05, 3.63) is 95.6 Å². The second-order valence-corrected chi connectivity index (χ2v) is 9.13. The summed E-state index contributed by atoms with van der Waals surface area (Å²) in [5.41, 5.74) is 5.15. The Labute approximate surface area is 200 Å². The van der Waals surface area contributed by atoms with Crippen LogP contribution in [-0.2, 0) is 36.3 Å². The van der Waals surface area contributed by atoms with Crippen LogP contribution in [0, 0.1) is 0 Å². The molecule has 0 radical (unpaired) electrons. The monoisotopic (exact) mass is 477 g/mol. The molecule has 0 N–H and O–H groups in total. The molecule has 3 aromatic rings. The molecule has 7 nitrogen and oxygen atoms in total. The second kappa shape index (κ2) is 9.79. The lowest BCUT2D eigenvalue weighted by Crippen LogP contribution is -2.51. The first kappa shape index (κ1) is 22.3. The summed E-state index contributed by atoms with van der Waals surface area (Å²) in [5, 5.41) is 0. The van der Waals surface area contributed by atoms with Crippen molar-refractivity contribution in [2.75, 3.05) is 13.2 Å². The van der Waals surface area contributed by atoms with Crippen LogP contribution < -0.4 is 0 Å². The van der Waals surface area contributed by atoms with Crippen molar-refractivity contribution < 1.29 is 27.5 Å². The van der Waals surface area contributed by atoms with Crippen LogP contribution in [0.5, 0.6) is 0 Å². The van der Waals surface area contributed by atoms with Crippen LogP contribution in [0.2, 0.25) is 0 Å². The SMILES string of the molecule is O=C(OCc1ccccc1)[C@H]1CCOS(=O)N1C(=O)OCC1c2ccccc2-c2ccccc21. The van der Waals surface area contributed by atoms with E-state index in [1.165, 1.54) is 0 Å². The molecule has 3 aromatic carbocycles. The maximum atomic E-state index is 13.0. The molecule has 2 atom stereocenters. The van der Waals surface area contributed by atoms with E-state index in [9.17, 15) is 13.8 Å². The summed E-state index contributed by atoms with van der Waals surface area (Å²) in [4.78, 5) is 25.8. The van der Waals surface area contributed by atoms with Crippen molar-refractivity contribution in [2.24, 2.45) is 0 Å². The van der Waals surface area contributed by atoms with Gasteiger partial charge in [0.25, 0.3) is 11.3 Å². The van der Waals surface area contributed by atoms with Crippen molar-refractivity contribution >= 4 is 23.3 Å². The number of amides is 1. The Kier molecular flexibility index (Phi) is 6.42. The fourth-order valence-corrected chi connectivity index (χ4v) is 5.32. The lowest BCUT2D eigenvalue weighted by atomic mass is 9.98. The highest BCUT2D eigenvalue weighted by Crippen LogP contribution is 2.44. The topological polar surface area (TPSA) is 82.1 Å². The summed E-state index contributed by atoms with van der Waals surface area (Å²) in [7, 11) is 0. The zero-order valence-corrected chi connectivity index (χ0v) is 19.1. The average Bonchev–Trinajstić information content (AvgIpc) is 3.20. The highest BCUT2D eigenvalue weighted by atomic mass is 32.2. The normalized spacial score (nSPS) is 19.2. The molecule has 1 amide bonds. The molecule has 2 aliphatic rings. The van der Waals surface area contributed by atoms with Crippen molar-refractivity contribution in [1.82, 2.24) is 4.31 Å². The summed E-state index contributed by atoms with van der Waals surface area (Å²) in [6.45, 7) is 0.180. The van der Waals surface area contributed by atoms with Crippen LogP contribution in [-0.4, -0.2) is 39.8 Å². The summed E-state index contributed by atoms with van der Waals surface area (Å²) in [5.74, 6) is -0.798. The first-order valence-corrected chi connectivity index (χ1v) is 12.1. The average molecular weight is 478 g/mol. The number of fused-ring (bicyclic) bond motifs is 3. The molecule has 0 saturated carbocycles. The number of nitrogens with zero attached hydrogens (tertiary/aromatic N) is 1. The van der Waals surface area contributed by atoms with E-state index in [1.54, 1.807) is 0 Å². The Bertz CT molecular complexity index is 1190. The van der Waals surface area contributed by atoms with E-state index in [0.717, 1.165) is 32.1 Å². The fraction of sp³-hybridized carbons (Fsp3) is 0.231. The van der Waals surface area contributed by atoms with Gasteiger partial charge in [0.15, 0.2) is 6.04 Å². The highest BCUT2D eigenvalue weighted by Gasteiger charge is 2.41. The van der Waals surface area contributed by atoms with Crippen molar-refractivity contribution in [1.29, 1.82) is 0 Å². The quantitative estimate of drug-likeness (QED) is 0.508. The van der Waals surface area contributed by atoms with Gasteiger partial charge < -0.3 is 9.47 Å². The van der Waals surface area contributed by atoms with E-state index in [-0.39, 0.29) is 32.2 Å². The summed E-state index contributed by atoms with van der Waals surface area (Å²) >= 11 is -2.14. The number of carbonyl (C=O) groups excluding carboxylic acids is 2. The van der Waals surface area contributed by atoms with E-state index < -0.39 is 29.4 Å². The largest absolute Gasteiger partial charge is 0.459 e.